The van der Waals surface area contributed by atoms with E-state index >= 15 is 0 Å². The van der Waals surface area contributed by atoms with Crippen LogP contribution in [0.2, 0.25) is 0 Å². The molecular weight excluding hydrogens is 292 g/mol. The third-order valence-electron chi connectivity index (χ3n) is 2.85. The first-order valence-electron chi connectivity index (χ1n) is 6.27. The normalized spacial score (nSPS) is 13.4. The van der Waals surface area contributed by atoms with Gasteiger partial charge in [0.05, 0.1) is 17.4 Å². The predicted molar refractivity (Wildman–Crippen MR) is 77.8 cm³/mol. The average molecular weight is 310 g/mol. The zero-order valence-corrected chi connectivity index (χ0v) is 12.9. The zero-order chi connectivity index (χ0) is 16.3. The summed E-state index contributed by atoms with van der Waals surface area (Å²) >= 11 is 0. The van der Waals surface area contributed by atoms with Crippen molar-refractivity contribution in [2.45, 2.75) is 32.6 Å². The lowest BCUT2D eigenvalue weighted by molar-refractivity contribution is -0.141. The fourth-order valence-electron chi connectivity index (χ4n) is 1.71. The summed E-state index contributed by atoms with van der Waals surface area (Å²) in [6, 6.07) is 6.83. The van der Waals surface area contributed by atoms with Crippen molar-refractivity contribution in [2.24, 2.45) is 5.41 Å². The van der Waals surface area contributed by atoms with E-state index < -0.39 is 27.4 Å². The van der Waals surface area contributed by atoms with Crippen molar-refractivity contribution in [3.05, 3.63) is 35.4 Å². The van der Waals surface area contributed by atoms with Crippen molar-refractivity contribution < 1.29 is 18.3 Å². The highest BCUT2D eigenvalue weighted by Gasteiger charge is 2.34. The first kappa shape index (κ1) is 17.1. The molecule has 6 nitrogen and oxygen atoms in total. The van der Waals surface area contributed by atoms with Crippen LogP contribution in [0.5, 0.6) is 0 Å². The molecule has 1 unspecified atom stereocenters. The summed E-state index contributed by atoms with van der Waals surface area (Å²) in [6.45, 7) is 4.95. The minimum Gasteiger partial charge on any atom is -0.480 e. The number of sulfonamides is 1. The molecule has 0 aliphatic heterocycles. The smallest absolute Gasteiger partial charge is 0.322 e. The van der Waals surface area contributed by atoms with E-state index in [-0.39, 0.29) is 5.75 Å². The fourth-order valence-corrected chi connectivity index (χ4v) is 3.24. The number of carbonyl (C=O) groups is 1. The second-order valence-corrected chi connectivity index (χ2v) is 7.58. The number of nitrogens with one attached hydrogen (secondary N) is 1. The van der Waals surface area contributed by atoms with Crippen LogP contribution in [-0.4, -0.2) is 25.5 Å². The van der Waals surface area contributed by atoms with Gasteiger partial charge in [0, 0.05) is 0 Å². The molecule has 2 N–H and O–H groups in total. The lowest BCUT2D eigenvalue weighted by Crippen LogP contribution is -2.49. The van der Waals surface area contributed by atoms with Gasteiger partial charge < -0.3 is 5.11 Å². The Hall–Kier alpha value is -1.91. The van der Waals surface area contributed by atoms with Gasteiger partial charge in [0.1, 0.15) is 6.04 Å². The summed E-state index contributed by atoms with van der Waals surface area (Å²) in [5, 5.41) is 17.8. The van der Waals surface area contributed by atoms with Crippen molar-refractivity contribution in [1.29, 1.82) is 5.26 Å². The topological polar surface area (TPSA) is 107 Å². The first-order chi connectivity index (χ1) is 9.55. The molecular formula is C14H18N2O4S. The number of carboxylic acid groups (broad SMARTS) is 1. The molecule has 0 saturated heterocycles. The Balaban J connectivity index is 2.90. The molecule has 0 spiro atoms. The number of nitriles is 1. The Bertz CT molecular complexity index is 652. The third kappa shape index (κ3) is 5.17. The van der Waals surface area contributed by atoms with Crippen LogP contribution in [0.25, 0.3) is 0 Å². The lowest BCUT2D eigenvalue weighted by atomic mass is 9.88. The predicted octanol–water partition coefficient (Wildman–Crippen LogP) is 1.48. The fraction of sp³-hybridized carbons (Fsp3) is 0.429. The second-order valence-electron chi connectivity index (χ2n) is 5.82. The largest absolute Gasteiger partial charge is 0.480 e. The van der Waals surface area contributed by atoms with E-state index in [0.29, 0.717) is 11.1 Å². The van der Waals surface area contributed by atoms with Gasteiger partial charge in [0.2, 0.25) is 10.0 Å². The number of hydrogen-bond acceptors (Lipinski definition) is 4. The molecule has 0 heterocycles. The van der Waals surface area contributed by atoms with Gasteiger partial charge in [-0.15, -0.1) is 0 Å². The Morgan fingerprint density at radius 2 is 1.86 bits per heavy atom. The molecule has 1 aromatic rings. The minimum absolute atomic E-state index is 0.335. The maximum absolute atomic E-state index is 12.1. The molecule has 0 saturated carbocycles. The summed E-state index contributed by atoms with van der Waals surface area (Å²) in [4.78, 5) is 11.2. The van der Waals surface area contributed by atoms with Crippen LogP contribution < -0.4 is 4.72 Å². The highest BCUT2D eigenvalue weighted by molar-refractivity contribution is 7.88. The monoisotopic (exact) mass is 310 g/mol. The Morgan fingerprint density at radius 3 is 2.24 bits per heavy atom. The van der Waals surface area contributed by atoms with Gasteiger partial charge in [-0.25, -0.2) is 13.1 Å². The van der Waals surface area contributed by atoms with Crippen molar-refractivity contribution in [3.8, 4) is 6.07 Å². The zero-order valence-electron chi connectivity index (χ0n) is 12.1. The van der Waals surface area contributed by atoms with Crippen molar-refractivity contribution >= 4 is 16.0 Å². The van der Waals surface area contributed by atoms with E-state index in [0.717, 1.165) is 0 Å². The molecule has 0 bridgehead atoms. The van der Waals surface area contributed by atoms with Crippen LogP contribution in [0, 0.1) is 16.7 Å². The number of carboxylic acids is 1. The Labute approximate surface area is 124 Å². The molecule has 0 fully saturated rings. The highest BCUT2D eigenvalue weighted by atomic mass is 32.2. The first-order valence-corrected chi connectivity index (χ1v) is 7.92. The second kappa shape index (κ2) is 6.24. The van der Waals surface area contributed by atoms with Gasteiger partial charge in [-0.1, -0.05) is 32.9 Å². The average Bonchev–Trinajstić information content (AvgIpc) is 2.35. The molecule has 21 heavy (non-hydrogen) atoms. The number of nitrogens with zero attached hydrogens (tertiary/aromatic N) is 1. The maximum atomic E-state index is 12.1. The number of benzene rings is 1. The van der Waals surface area contributed by atoms with E-state index in [1.807, 2.05) is 6.07 Å². The molecule has 0 radical (unpaired) electrons. The summed E-state index contributed by atoms with van der Waals surface area (Å²) in [6.07, 6.45) is 0. The van der Waals surface area contributed by atoms with Crippen molar-refractivity contribution in [1.82, 2.24) is 4.72 Å². The minimum atomic E-state index is -3.80. The van der Waals surface area contributed by atoms with Gasteiger partial charge in [-0.3, -0.25) is 4.79 Å². The van der Waals surface area contributed by atoms with E-state index in [1.165, 1.54) is 24.3 Å². The molecule has 7 heteroatoms. The lowest BCUT2D eigenvalue weighted by Gasteiger charge is -2.27. The molecule has 114 valence electrons. The van der Waals surface area contributed by atoms with Gasteiger partial charge in [0.25, 0.3) is 0 Å². The molecule has 1 aromatic carbocycles. The van der Waals surface area contributed by atoms with Crippen LogP contribution in [0.15, 0.2) is 24.3 Å². The van der Waals surface area contributed by atoms with Crippen molar-refractivity contribution in [2.75, 3.05) is 0 Å². The van der Waals surface area contributed by atoms with E-state index in [2.05, 4.69) is 4.72 Å². The van der Waals surface area contributed by atoms with E-state index in [4.69, 9.17) is 10.4 Å². The Morgan fingerprint density at radius 1 is 1.33 bits per heavy atom. The number of aliphatic carboxylic acids is 1. The van der Waals surface area contributed by atoms with E-state index in [1.54, 1.807) is 20.8 Å². The molecule has 0 aromatic heterocycles. The highest BCUT2D eigenvalue weighted by Crippen LogP contribution is 2.21. The van der Waals surface area contributed by atoms with Crippen LogP contribution in [-0.2, 0) is 20.6 Å². The molecule has 0 aliphatic carbocycles. The number of rotatable bonds is 5. The molecule has 1 atom stereocenters. The van der Waals surface area contributed by atoms with Crippen LogP contribution in [0.4, 0.5) is 0 Å². The summed E-state index contributed by atoms with van der Waals surface area (Å²) in [7, 11) is -3.80. The van der Waals surface area contributed by atoms with Crippen LogP contribution >= 0.6 is 0 Å². The summed E-state index contributed by atoms with van der Waals surface area (Å²) in [5.74, 6) is -1.55. The van der Waals surface area contributed by atoms with Crippen LogP contribution in [0.1, 0.15) is 31.9 Å². The summed E-state index contributed by atoms with van der Waals surface area (Å²) in [5.41, 5.74) is 0.172. The van der Waals surface area contributed by atoms with Gasteiger partial charge in [-0.05, 0) is 23.1 Å². The standard InChI is InChI=1S/C14H18N2O4S/c1-14(2,3)12(13(17)18)16-21(19,20)9-11-6-4-10(8-15)5-7-11/h4-7,12,16H,9H2,1-3H3,(H,17,18). The SMILES string of the molecule is CC(C)(C)C(NS(=O)(=O)Cc1ccc(C#N)cc1)C(=O)O. The summed E-state index contributed by atoms with van der Waals surface area (Å²) < 4.78 is 26.4. The van der Waals surface area contributed by atoms with E-state index in [9.17, 15) is 13.2 Å². The van der Waals surface area contributed by atoms with Gasteiger partial charge in [0.15, 0.2) is 0 Å². The maximum Gasteiger partial charge on any atom is 0.322 e. The van der Waals surface area contributed by atoms with Gasteiger partial charge in [-0.2, -0.15) is 5.26 Å². The van der Waals surface area contributed by atoms with Crippen molar-refractivity contribution in [3.63, 3.8) is 0 Å². The quantitative estimate of drug-likeness (QED) is 0.856. The molecule has 0 amide bonds. The molecule has 0 aliphatic rings. The molecule has 1 rings (SSSR count). The van der Waals surface area contributed by atoms with Crippen LogP contribution in [0.3, 0.4) is 0 Å². The Kier molecular flexibility index (Phi) is 5.10. The third-order valence-corrected chi connectivity index (χ3v) is 4.16. The van der Waals surface area contributed by atoms with Gasteiger partial charge >= 0.3 is 5.97 Å². The number of hydrogen-bond donors (Lipinski definition) is 2.